The van der Waals surface area contributed by atoms with Gasteiger partial charge < -0.3 is 10.5 Å². The van der Waals surface area contributed by atoms with E-state index in [1.54, 1.807) is 12.1 Å². The van der Waals surface area contributed by atoms with Crippen LogP contribution in [0.5, 0.6) is 0 Å². The molecule has 1 rings (SSSR count). The van der Waals surface area contributed by atoms with Crippen LogP contribution in [0.1, 0.15) is 22.8 Å². The summed E-state index contributed by atoms with van der Waals surface area (Å²) in [5.41, 5.74) is 6.67. The summed E-state index contributed by atoms with van der Waals surface area (Å²) in [6.07, 6.45) is 0. The lowest BCUT2D eigenvalue weighted by Gasteiger charge is -2.01. The highest BCUT2D eigenvalue weighted by Crippen LogP contribution is 2.04. The van der Waals surface area contributed by atoms with E-state index in [1.165, 1.54) is 0 Å². The number of primary amides is 1. The van der Waals surface area contributed by atoms with Gasteiger partial charge in [0.2, 0.25) is 5.91 Å². The van der Waals surface area contributed by atoms with Gasteiger partial charge in [-0.15, -0.1) is 0 Å². The molecule has 3 heteroatoms. The number of ether oxygens (including phenoxy) is 1. The van der Waals surface area contributed by atoms with Crippen LogP contribution in [0, 0.1) is 0 Å². The number of carbonyl (C=O) groups excluding carboxylic acids is 1. The first-order valence-electron chi connectivity index (χ1n) is 4.20. The molecule has 2 N–H and O–H groups in total. The van der Waals surface area contributed by atoms with Gasteiger partial charge in [-0.25, -0.2) is 0 Å². The lowest BCUT2D eigenvalue weighted by Crippen LogP contribution is -2.10. The van der Waals surface area contributed by atoms with Gasteiger partial charge in [0.05, 0.1) is 6.61 Å². The van der Waals surface area contributed by atoms with Crippen molar-refractivity contribution in [2.45, 2.75) is 13.5 Å². The van der Waals surface area contributed by atoms with Gasteiger partial charge in [0.25, 0.3) is 0 Å². The molecule has 0 aliphatic carbocycles. The molecule has 0 fully saturated rings. The van der Waals surface area contributed by atoms with Crippen LogP contribution < -0.4 is 5.73 Å². The van der Waals surface area contributed by atoms with Crippen molar-refractivity contribution in [2.75, 3.05) is 6.61 Å². The van der Waals surface area contributed by atoms with Gasteiger partial charge >= 0.3 is 0 Å². The van der Waals surface area contributed by atoms with E-state index in [0.717, 1.165) is 5.56 Å². The van der Waals surface area contributed by atoms with E-state index in [-0.39, 0.29) is 0 Å². The zero-order valence-corrected chi connectivity index (χ0v) is 7.62. The Kier molecular flexibility index (Phi) is 3.46. The molecule has 0 atom stereocenters. The zero-order chi connectivity index (χ0) is 9.68. The Morgan fingerprint density at radius 3 is 2.46 bits per heavy atom. The highest BCUT2D eigenvalue weighted by molar-refractivity contribution is 5.92. The molecular formula is C10H13NO2. The quantitative estimate of drug-likeness (QED) is 0.757. The maximum atomic E-state index is 10.7. The maximum absolute atomic E-state index is 10.7. The minimum absolute atomic E-state index is 0.400. The van der Waals surface area contributed by atoms with Crippen LogP contribution >= 0.6 is 0 Å². The highest BCUT2D eigenvalue weighted by atomic mass is 16.5. The summed E-state index contributed by atoms with van der Waals surface area (Å²) < 4.78 is 5.20. The Morgan fingerprint density at radius 1 is 1.38 bits per heavy atom. The lowest BCUT2D eigenvalue weighted by molar-refractivity contribution is 0.1000. The van der Waals surface area contributed by atoms with Crippen LogP contribution in [0.15, 0.2) is 24.3 Å². The van der Waals surface area contributed by atoms with Gasteiger partial charge in [-0.2, -0.15) is 0 Å². The molecule has 3 nitrogen and oxygen atoms in total. The van der Waals surface area contributed by atoms with Gasteiger partial charge in [0, 0.05) is 12.2 Å². The SMILES string of the molecule is CCOCc1ccc(C(N)=O)cc1. The first-order valence-corrected chi connectivity index (χ1v) is 4.20. The van der Waals surface area contributed by atoms with Crippen LogP contribution in [0.25, 0.3) is 0 Å². The second-order valence-electron chi connectivity index (χ2n) is 2.70. The minimum Gasteiger partial charge on any atom is -0.377 e. The summed E-state index contributed by atoms with van der Waals surface area (Å²) in [6.45, 7) is 3.21. The summed E-state index contributed by atoms with van der Waals surface area (Å²) in [5, 5.41) is 0. The van der Waals surface area contributed by atoms with E-state index in [9.17, 15) is 4.79 Å². The van der Waals surface area contributed by atoms with Gasteiger partial charge in [0.15, 0.2) is 0 Å². The Bertz CT molecular complexity index is 279. The van der Waals surface area contributed by atoms with Crippen molar-refractivity contribution in [1.82, 2.24) is 0 Å². The number of hydrogen-bond donors (Lipinski definition) is 1. The summed E-state index contributed by atoms with van der Waals surface area (Å²) in [6, 6.07) is 7.10. The van der Waals surface area contributed by atoms with Crippen LogP contribution in [0.2, 0.25) is 0 Å². The molecule has 0 heterocycles. The van der Waals surface area contributed by atoms with Crippen LogP contribution in [0.3, 0.4) is 0 Å². The van der Waals surface area contributed by atoms with E-state index in [2.05, 4.69) is 0 Å². The number of hydrogen-bond acceptors (Lipinski definition) is 2. The van der Waals surface area contributed by atoms with Gasteiger partial charge in [-0.05, 0) is 24.6 Å². The molecule has 0 saturated heterocycles. The number of amides is 1. The fraction of sp³-hybridized carbons (Fsp3) is 0.300. The number of rotatable bonds is 4. The summed E-state index contributed by atoms with van der Waals surface area (Å²) in [4.78, 5) is 10.7. The maximum Gasteiger partial charge on any atom is 0.248 e. The molecule has 1 aromatic carbocycles. The topological polar surface area (TPSA) is 52.3 Å². The Labute approximate surface area is 77.5 Å². The summed E-state index contributed by atoms with van der Waals surface area (Å²) in [5.74, 6) is -0.400. The second kappa shape index (κ2) is 4.62. The van der Waals surface area contributed by atoms with Crippen LogP contribution in [-0.2, 0) is 11.3 Å². The predicted molar refractivity (Wildman–Crippen MR) is 50.3 cm³/mol. The molecule has 0 aromatic heterocycles. The van der Waals surface area contributed by atoms with E-state index in [0.29, 0.717) is 18.8 Å². The molecule has 0 radical (unpaired) electrons. The summed E-state index contributed by atoms with van der Waals surface area (Å²) >= 11 is 0. The van der Waals surface area contributed by atoms with Crippen molar-refractivity contribution in [2.24, 2.45) is 5.73 Å². The summed E-state index contributed by atoms with van der Waals surface area (Å²) in [7, 11) is 0. The fourth-order valence-electron chi connectivity index (χ4n) is 0.985. The fourth-order valence-corrected chi connectivity index (χ4v) is 0.985. The Hall–Kier alpha value is -1.35. The zero-order valence-electron chi connectivity index (χ0n) is 7.62. The lowest BCUT2D eigenvalue weighted by atomic mass is 10.1. The van der Waals surface area contributed by atoms with Crippen molar-refractivity contribution in [3.8, 4) is 0 Å². The van der Waals surface area contributed by atoms with E-state index in [1.807, 2.05) is 19.1 Å². The molecule has 1 amide bonds. The van der Waals surface area contributed by atoms with E-state index >= 15 is 0 Å². The number of nitrogens with two attached hydrogens (primary N) is 1. The largest absolute Gasteiger partial charge is 0.377 e. The molecule has 0 spiro atoms. The highest BCUT2D eigenvalue weighted by Gasteiger charge is 1.98. The molecule has 1 aromatic rings. The van der Waals surface area contributed by atoms with Crippen LogP contribution in [-0.4, -0.2) is 12.5 Å². The monoisotopic (exact) mass is 179 g/mol. The molecule has 0 unspecified atom stereocenters. The molecule has 70 valence electrons. The van der Waals surface area contributed by atoms with Crippen molar-refractivity contribution >= 4 is 5.91 Å². The van der Waals surface area contributed by atoms with Gasteiger partial charge in [0.1, 0.15) is 0 Å². The molecule has 0 bridgehead atoms. The third kappa shape index (κ3) is 2.87. The van der Waals surface area contributed by atoms with Crippen molar-refractivity contribution < 1.29 is 9.53 Å². The average Bonchev–Trinajstić information content (AvgIpc) is 2.15. The van der Waals surface area contributed by atoms with E-state index in [4.69, 9.17) is 10.5 Å². The average molecular weight is 179 g/mol. The Morgan fingerprint density at radius 2 is 2.00 bits per heavy atom. The molecular weight excluding hydrogens is 166 g/mol. The minimum atomic E-state index is -0.400. The normalized spacial score (nSPS) is 9.92. The molecule has 0 aliphatic heterocycles. The molecule has 13 heavy (non-hydrogen) atoms. The third-order valence-electron chi connectivity index (χ3n) is 1.71. The first kappa shape index (κ1) is 9.74. The smallest absolute Gasteiger partial charge is 0.248 e. The first-order chi connectivity index (χ1) is 6.24. The number of carbonyl (C=O) groups is 1. The molecule has 0 aliphatic rings. The van der Waals surface area contributed by atoms with Crippen molar-refractivity contribution in [1.29, 1.82) is 0 Å². The standard InChI is InChI=1S/C10H13NO2/c1-2-13-7-8-3-5-9(6-4-8)10(11)12/h3-6H,2,7H2,1H3,(H2,11,12). The second-order valence-corrected chi connectivity index (χ2v) is 2.70. The van der Waals surface area contributed by atoms with Crippen LogP contribution in [0.4, 0.5) is 0 Å². The Balaban J connectivity index is 2.64. The van der Waals surface area contributed by atoms with Crippen molar-refractivity contribution in [3.63, 3.8) is 0 Å². The van der Waals surface area contributed by atoms with Gasteiger partial charge in [-0.3, -0.25) is 4.79 Å². The third-order valence-corrected chi connectivity index (χ3v) is 1.71. The van der Waals surface area contributed by atoms with E-state index < -0.39 is 5.91 Å². The number of benzene rings is 1. The predicted octanol–water partition coefficient (Wildman–Crippen LogP) is 1.32. The van der Waals surface area contributed by atoms with Crippen molar-refractivity contribution in [3.05, 3.63) is 35.4 Å². The molecule has 0 saturated carbocycles. The van der Waals surface area contributed by atoms with Gasteiger partial charge in [-0.1, -0.05) is 12.1 Å².